The first kappa shape index (κ1) is 21.1. The topological polar surface area (TPSA) is 72.6 Å². The van der Waals surface area contributed by atoms with Crippen LogP contribution < -0.4 is 0 Å². The van der Waals surface area contributed by atoms with Gasteiger partial charge < -0.3 is 14.1 Å². The van der Waals surface area contributed by atoms with Crippen molar-refractivity contribution in [1.82, 2.24) is 9.88 Å². The number of benzene rings is 2. The Morgan fingerprint density at radius 2 is 1.84 bits per heavy atom. The lowest BCUT2D eigenvalue weighted by atomic mass is 10.2. The Balaban J connectivity index is 1.35. The highest BCUT2D eigenvalue weighted by atomic mass is 32.2. The fourth-order valence-electron chi connectivity index (χ4n) is 3.27. The number of aromatic nitrogens is 1. The minimum Gasteiger partial charge on any atom is -0.455 e. The number of likely N-dealkylation sites (tertiary alicyclic amines) is 1. The second-order valence-electron chi connectivity index (χ2n) is 7.10. The number of carbonyl (C=O) groups is 2. The molecule has 3 aromatic rings. The first-order chi connectivity index (χ1) is 15.1. The van der Waals surface area contributed by atoms with Crippen LogP contribution in [0.4, 0.5) is 4.39 Å². The highest BCUT2D eigenvalue weighted by Crippen LogP contribution is 2.25. The van der Waals surface area contributed by atoms with E-state index >= 15 is 0 Å². The number of hydrogen-bond donors (Lipinski definition) is 0. The van der Waals surface area contributed by atoms with Crippen LogP contribution in [0, 0.1) is 5.82 Å². The van der Waals surface area contributed by atoms with Crippen LogP contribution in [-0.4, -0.2) is 40.6 Å². The molecule has 4 rings (SSSR count). The zero-order valence-electron chi connectivity index (χ0n) is 16.8. The molecule has 2 heterocycles. The van der Waals surface area contributed by atoms with Crippen LogP contribution in [0.15, 0.2) is 64.1 Å². The van der Waals surface area contributed by atoms with Crippen molar-refractivity contribution in [3.8, 4) is 11.5 Å². The van der Waals surface area contributed by atoms with Gasteiger partial charge in [-0.3, -0.25) is 4.79 Å². The van der Waals surface area contributed by atoms with E-state index in [-0.39, 0.29) is 24.1 Å². The molecule has 31 heavy (non-hydrogen) atoms. The van der Waals surface area contributed by atoms with E-state index < -0.39 is 5.97 Å². The largest absolute Gasteiger partial charge is 0.455 e. The summed E-state index contributed by atoms with van der Waals surface area (Å²) in [5.74, 6) is -0.149. The van der Waals surface area contributed by atoms with Crippen LogP contribution in [0.2, 0.25) is 0 Å². The van der Waals surface area contributed by atoms with Gasteiger partial charge in [-0.15, -0.1) is 11.8 Å². The molecule has 0 saturated carbocycles. The number of halogens is 1. The van der Waals surface area contributed by atoms with E-state index in [2.05, 4.69) is 4.98 Å². The van der Waals surface area contributed by atoms with Gasteiger partial charge in [-0.2, -0.15) is 0 Å². The predicted molar refractivity (Wildman–Crippen MR) is 114 cm³/mol. The van der Waals surface area contributed by atoms with E-state index in [1.807, 2.05) is 11.0 Å². The lowest BCUT2D eigenvalue weighted by Gasteiger charge is -2.15. The standard InChI is InChI=1S/C23H21FN2O4S/c24-17-9-7-16(8-10-17)22-25-18(13-29-22)14-30-23(28)19-5-1-2-6-20(19)31-15-21(27)26-11-3-4-12-26/h1-2,5-10,13H,3-4,11-12,14-15H2. The van der Waals surface area contributed by atoms with Crippen molar-refractivity contribution in [2.45, 2.75) is 24.3 Å². The molecule has 1 aromatic heterocycles. The first-order valence-corrected chi connectivity index (χ1v) is 11.0. The Morgan fingerprint density at radius 1 is 1.10 bits per heavy atom. The molecule has 1 aliphatic rings. The minimum absolute atomic E-state index is 0.0603. The molecular formula is C23H21FN2O4S. The van der Waals surface area contributed by atoms with Crippen molar-refractivity contribution in [1.29, 1.82) is 0 Å². The Kier molecular flexibility index (Phi) is 6.66. The quantitative estimate of drug-likeness (QED) is 0.396. The van der Waals surface area contributed by atoms with E-state index in [4.69, 9.17) is 9.15 Å². The van der Waals surface area contributed by atoms with Crippen LogP contribution in [0.1, 0.15) is 28.9 Å². The number of thioether (sulfide) groups is 1. The van der Waals surface area contributed by atoms with Crippen molar-refractivity contribution in [2.75, 3.05) is 18.8 Å². The predicted octanol–water partition coefficient (Wildman–Crippen LogP) is 4.55. The first-order valence-electron chi connectivity index (χ1n) is 9.97. The average molecular weight is 440 g/mol. The minimum atomic E-state index is -0.497. The van der Waals surface area contributed by atoms with Crippen LogP contribution >= 0.6 is 11.8 Å². The van der Waals surface area contributed by atoms with Crippen LogP contribution in [0.25, 0.3) is 11.5 Å². The van der Waals surface area contributed by atoms with Crippen molar-refractivity contribution in [2.24, 2.45) is 0 Å². The van der Waals surface area contributed by atoms with Gasteiger partial charge in [0.2, 0.25) is 11.8 Å². The van der Waals surface area contributed by atoms with Crippen LogP contribution in [0.3, 0.4) is 0 Å². The summed E-state index contributed by atoms with van der Waals surface area (Å²) in [4.78, 5) is 31.8. The molecule has 0 radical (unpaired) electrons. The zero-order chi connectivity index (χ0) is 21.6. The van der Waals surface area contributed by atoms with Gasteiger partial charge in [0.25, 0.3) is 0 Å². The van der Waals surface area contributed by atoms with Gasteiger partial charge in [0.15, 0.2) is 0 Å². The fourth-order valence-corrected chi connectivity index (χ4v) is 4.22. The smallest absolute Gasteiger partial charge is 0.339 e. The van der Waals surface area contributed by atoms with Gasteiger partial charge in [0.05, 0.1) is 11.3 Å². The molecule has 0 spiro atoms. The van der Waals surface area contributed by atoms with Crippen molar-refractivity contribution < 1.29 is 23.1 Å². The number of oxazole rings is 1. The molecule has 6 nitrogen and oxygen atoms in total. The van der Waals surface area contributed by atoms with Crippen LogP contribution in [0.5, 0.6) is 0 Å². The number of carbonyl (C=O) groups excluding carboxylic acids is 2. The molecule has 0 N–H and O–H groups in total. The highest BCUT2D eigenvalue weighted by Gasteiger charge is 2.20. The molecular weight excluding hydrogens is 419 g/mol. The Morgan fingerprint density at radius 3 is 2.61 bits per heavy atom. The summed E-state index contributed by atoms with van der Waals surface area (Å²) >= 11 is 1.34. The monoisotopic (exact) mass is 440 g/mol. The molecule has 0 aliphatic carbocycles. The van der Waals surface area contributed by atoms with Gasteiger partial charge in [-0.25, -0.2) is 14.2 Å². The third-order valence-electron chi connectivity index (χ3n) is 4.91. The second kappa shape index (κ2) is 9.78. The maximum atomic E-state index is 13.1. The normalized spacial score (nSPS) is 13.4. The van der Waals surface area contributed by atoms with Crippen molar-refractivity contribution in [3.05, 3.63) is 71.9 Å². The van der Waals surface area contributed by atoms with Gasteiger partial charge in [-0.1, -0.05) is 12.1 Å². The average Bonchev–Trinajstić information content (AvgIpc) is 3.49. The molecule has 1 aliphatic heterocycles. The third-order valence-corrected chi connectivity index (χ3v) is 5.97. The number of nitrogens with zero attached hydrogens (tertiary/aromatic N) is 2. The molecule has 0 unspecified atom stereocenters. The summed E-state index contributed by atoms with van der Waals surface area (Å²) in [6, 6.07) is 12.8. The lowest BCUT2D eigenvalue weighted by Crippen LogP contribution is -2.29. The van der Waals surface area contributed by atoms with E-state index in [1.54, 1.807) is 30.3 Å². The number of ether oxygens (including phenoxy) is 1. The maximum absolute atomic E-state index is 13.1. The molecule has 160 valence electrons. The summed E-state index contributed by atoms with van der Waals surface area (Å²) in [7, 11) is 0. The molecule has 2 aromatic carbocycles. The van der Waals surface area contributed by atoms with E-state index in [9.17, 15) is 14.0 Å². The Hall–Kier alpha value is -3.13. The van der Waals surface area contributed by atoms with Gasteiger partial charge in [-0.05, 0) is 49.2 Å². The molecule has 1 saturated heterocycles. The van der Waals surface area contributed by atoms with Crippen molar-refractivity contribution >= 4 is 23.6 Å². The molecule has 1 amide bonds. The summed E-state index contributed by atoms with van der Waals surface area (Å²) in [5, 5.41) is 0. The third kappa shape index (κ3) is 5.32. The van der Waals surface area contributed by atoms with Crippen LogP contribution in [-0.2, 0) is 16.1 Å². The number of rotatable bonds is 7. The molecule has 0 atom stereocenters. The molecule has 8 heteroatoms. The summed E-state index contributed by atoms with van der Waals surface area (Å²) < 4.78 is 23.9. The number of hydrogen-bond acceptors (Lipinski definition) is 6. The highest BCUT2D eigenvalue weighted by molar-refractivity contribution is 8.00. The number of amides is 1. The van der Waals surface area contributed by atoms with Gasteiger partial charge in [0.1, 0.15) is 24.4 Å². The maximum Gasteiger partial charge on any atom is 0.339 e. The lowest BCUT2D eigenvalue weighted by molar-refractivity contribution is -0.127. The number of esters is 1. The second-order valence-corrected chi connectivity index (χ2v) is 8.12. The summed E-state index contributed by atoms with van der Waals surface area (Å²) in [6.07, 6.45) is 3.50. The Labute approximate surface area is 183 Å². The van der Waals surface area contributed by atoms with Crippen molar-refractivity contribution in [3.63, 3.8) is 0 Å². The van der Waals surface area contributed by atoms with E-state index in [0.717, 1.165) is 25.9 Å². The summed E-state index contributed by atoms with van der Waals surface area (Å²) in [6.45, 7) is 1.55. The SMILES string of the molecule is O=C(OCc1coc(-c2ccc(F)cc2)n1)c1ccccc1SCC(=O)N1CCCC1. The Bertz CT molecular complexity index is 1060. The van der Waals surface area contributed by atoms with Gasteiger partial charge >= 0.3 is 5.97 Å². The van der Waals surface area contributed by atoms with E-state index in [0.29, 0.717) is 27.6 Å². The summed E-state index contributed by atoms with van der Waals surface area (Å²) in [5.41, 5.74) is 1.48. The van der Waals surface area contributed by atoms with E-state index in [1.165, 1.54) is 30.2 Å². The zero-order valence-corrected chi connectivity index (χ0v) is 17.6. The molecule has 0 bridgehead atoms. The molecule has 1 fully saturated rings. The fraction of sp³-hybridized carbons (Fsp3) is 0.261. The van der Waals surface area contributed by atoms with Gasteiger partial charge in [0, 0.05) is 23.5 Å².